The Balaban J connectivity index is 1.91. The molecule has 0 aliphatic carbocycles. The van der Waals surface area contributed by atoms with Gasteiger partial charge in [0.15, 0.2) is 0 Å². The van der Waals surface area contributed by atoms with Gasteiger partial charge in [-0.05, 0) is 27.7 Å². The number of ether oxygens (including phenoxy) is 1. The molecule has 2 rings (SSSR count). The Morgan fingerprint density at radius 1 is 1.21 bits per heavy atom. The first kappa shape index (κ1) is 14.4. The quantitative estimate of drug-likeness (QED) is 0.866. The molecule has 0 bridgehead atoms. The van der Waals surface area contributed by atoms with Gasteiger partial charge in [0.2, 0.25) is 0 Å². The van der Waals surface area contributed by atoms with Crippen molar-refractivity contribution in [1.82, 2.24) is 19.9 Å². The van der Waals surface area contributed by atoms with E-state index in [-0.39, 0.29) is 11.2 Å². The highest BCUT2D eigenvalue weighted by molar-refractivity contribution is 4.91. The van der Waals surface area contributed by atoms with Crippen LogP contribution in [0.2, 0.25) is 0 Å². The Labute approximate surface area is 114 Å². The highest BCUT2D eigenvalue weighted by Crippen LogP contribution is 2.27. The first-order valence-electron chi connectivity index (χ1n) is 6.81. The van der Waals surface area contributed by atoms with Crippen LogP contribution in [-0.2, 0) is 17.8 Å². The first-order chi connectivity index (χ1) is 8.80. The lowest BCUT2D eigenvalue weighted by Gasteiger charge is -2.47. The molecule has 0 aromatic carbocycles. The molecule has 1 aliphatic heterocycles. The third-order valence-electron chi connectivity index (χ3n) is 3.20. The molecule has 0 saturated carbocycles. The van der Waals surface area contributed by atoms with Crippen molar-refractivity contribution >= 4 is 0 Å². The lowest BCUT2D eigenvalue weighted by molar-refractivity contribution is -0.180. The molecule has 0 radical (unpaired) electrons. The SMILES string of the molecule is CC1(C)CN(CCn2cc(CN)nn2)CC(C)(C)O1. The standard InChI is InChI=1S/C13H25N5O/c1-12(2)9-17(10-13(3,4)19-12)5-6-18-8-11(7-14)15-16-18/h8H,5-7,9-10,14H2,1-4H3. The van der Waals surface area contributed by atoms with E-state index in [1.165, 1.54) is 0 Å². The lowest BCUT2D eigenvalue weighted by atomic mass is 9.99. The third-order valence-corrected chi connectivity index (χ3v) is 3.20. The zero-order chi connectivity index (χ0) is 14.1. The molecule has 0 spiro atoms. The molecule has 0 amide bonds. The normalized spacial score (nSPS) is 22.6. The van der Waals surface area contributed by atoms with Gasteiger partial charge in [-0.15, -0.1) is 5.10 Å². The van der Waals surface area contributed by atoms with Crippen molar-refractivity contribution in [3.05, 3.63) is 11.9 Å². The number of hydrogen-bond acceptors (Lipinski definition) is 5. The van der Waals surface area contributed by atoms with Crippen LogP contribution in [0.1, 0.15) is 33.4 Å². The summed E-state index contributed by atoms with van der Waals surface area (Å²) in [6.45, 7) is 12.7. The van der Waals surface area contributed by atoms with E-state index in [0.29, 0.717) is 6.54 Å². The second-order valence-electron chi connectivity index (χ2n) is 6.51. The summed E-state index contributed by atoms with van der Waals surface area (Å²) < 4.78 is 7.93. The van der Waals surface area contributed by atoms with E-state index in [0.717, 1.165) is 31.9 Å². The van der Waals surface area contributed by atoms with Gasteiger partial charge < -0.3 is 10.5 Å². The summed E-state index contributed by atoms with van der Waals surface area (Å²) >= 11 is 0. The average Bonchev–Trinajstić information content (AvgIpc) is 2.70. The molecule has 108 valence electrons. The topological polar surface area (TPSA) is 69.2 Å². The summed E-state index contributed by atoms with van der Waals surface area (Å²) in [5, 5.41) is 8.07. The molecule has 1 fully saturated rings. The van der Waals surface area contributed by atoms with Crippen molar-refractivity contribution < 1.29 is 4.74 Å². The number of hydrogen-bond donors (Lipinski definition) is 1. The monoisotopic (exact) mass is 267 g/mol. The molecule has 2 N–H and O–H groups in total. The van der Waals surface area contributed by atoms with Crippen molar-refractivity contribution in [3.8, 4) is 0 Å². The molecule has 1 aromatic rings. The van der Waals surface area contributed by atoms with Gasteiger partial charge in [0.05, 0.1) is 23.4 Å². The lowest BCUT2D eigenvalue weighted by Crippen LogP contribution is -2.57. The fourth-order valence-corrected chi connectivity index (χ4v) is 2.89. The van der Waals surface area contributed by atoms with Crippen LogP contribution in [0.25, 0.3) is 0 Å². The van der Waals surface area contributed by atoms with Gasteiger partial charge in [-0.1, -0.05) is 5.21 Å². The minimum atomic E-state index is -0.105. The van der Waals surface area contributed by atoms with Gasteiger partial charge in [0, 0.05) is 32.4 Å². The smallest absolute Gasteiger partial charge is 0.0962 e. The van der Waals surface area contributed by atoms with Crippen LogP contribution in [0.15, 0.2) is 6.20 Å². The summed E-state index contributed by atoms with van der Waals surface area (Å²) in [6, 6.07) is 0. The number of aromatic nitrogens is 3. The molecule has 1 saturated heterocycles. The molecular weight excluding hydrogens is 242 g/mol. The molecule has 0 atom stereocenters. The highest BCUT2D eigenvalue weighted by atomic mass is 16.5. The van der Waals surface area contributed by atoms with E-state index in [1.54, 1.807) is 0 Å². The Hall–Kier alpha value is -0.980. The molecule has 6 heteroatoms. The van der Waals surface area contributed by atoms with Gasteiger partial charge in [-0.2, -0.15) is 0 Å². The van der Waals surface area contributed by atoms with Crippen LogP contribution in [0.4, 0.5) is 0 Å². The summed E-state index contributed by atoms with van der Waals surface area (Å²) in [4.78, 5) is 2.42. The Bertz CT molecular complexity index is 410. The van der Waals surface area contributed by atoms with Crippen LogP contribution in [0.5, 0.6) is 0 Å². The van der Waals surface area contributed by atoms with Crippen molar-refractivity contribution in [1.29, 1.82) is 0 Å². The zero-order valence-electron chi connectivity index (χ0n) is 12.4. The van der Waals surface area contributed by atoms with Crippen LogP contribution in [0, 0.1) is 0 Å². The second-order valence-corrected chi connectivity index (χ2v) is 6.51. The van der Waals surface area contributed by atoms with E-state index >= 15 is 0 Å². The van der Waals surface area contributed by atoms with Crippen molar-refractivity contribution in [3.63, 3.8) is 0 Å². The Morgan fingerprint density at radius 2 is 1.84 bits per heavy atom. The number of nitrogens with zero attached hydrogens (tertiary/aromatic N) is 4. The summed E-state index contributed by atoms with van der Waals surface area (Å²) in [5.74, 6) is 0. The Kier molecular flexibility index (Phi) is 3.94. The number of rotatable bonds is 4. The van der Waals surface area contributed by atoms with E-state index < -0.39 is 0 Å². The fraction of sp³-hybridized carbons (Fsp3) is 0.846. The van der Waals surface area contributed by atoms with Gasteiger partial charge in [0.1, 0.15) is 0 Å². The zero-order valence-corrected chi connectivity index (χ0v) is 12.4. The largest absolute Gasteiger partial charge is 0.367 e. The molecule has 19 heavy (non-hydrogen) atoms. The maximum Gasteiger partial charge on any atom is 0.0962 e. The molecular formula is C13H25N5O. The van der Waals surface area contributed by atoms with E-state index in [2.05, 4.69) is 42.9 Å². The minimum absolute atomic E-state index is 0.105. The third kappa shape index (κ3) is 3.99. The Morgan fingerprint density at radius 3 is 2.37 bits per heavy atom. The minimum Gasteiger partial charge on any atom is -0.367 e. The van der Waals surface area contributed by atoms with Crippen LogP contribution in [-0.4, -0.2) is 50.7 Å². The van der Waals surface area contributed by atoms with E-state index in [1.807, 2.05) is 10.9 Å². The first-order valence-corrected chi connectivity index (χ1v) is 6.81. The maximum atomic E-state index is 6.07. The predicted octanol–water partition coefficient (Wildman–Crippen LogP) is 0.626. The predicted molar refractivity (Wildman–Crippen MR) is 73.6 cm³/mol. The van der Waals surface area contributed by atoms with Crippen LogP contribution < -0.4 is 5.73 Å². The van der Waals surface area contributed by atoms with E-state index in [9.17, 15) is 0 Å². The highest BCUT2D eigenvalue weighted by Gasteiger charge is 2.37. The van der Waals surface area contributed by atoms with Crippen LogP contribution in [0.3, 0.4) is 0 Å². The molecule has 2 heterocycles. The molecule has 6 nitrogen and oxygen atoms in total. The maximum absolute atomic E-state index is 6.07. The fourth-order valence-electron chi connectivity index (χ4n) is 2.89. The van der Waals surface area contributed by atoms with Crippen molar-refractivity contribution in [2.45, 2.75) is 52.0 Å². The average molecular weight is 267 g/mol. The molecule has 1 aromatic heterocycles. The number of nitrogens with two attached hydrogens (primary N) is 1. The summed E-state index contributed by atoms with van der Waals surface area (Å²) in [5.41, 5.74) is 6.16. The van der Waals surface area contributed by atoms with Crippen molar-refractivity contribution in [2.24, 2.45) is 5.73 Å². The van der Waals surface area contributed by atoms with E-state index in [4.69, 9.17) is 10.5 Å². The van der Waals surface area contributed by atoms with Gasteiger partial charge in [-0.3, -0.25) is 9.58 Å². The summed E-state index contributed by atoms with van der Waals surface area (Å²) in [6.07, 6.45) is 1.91. The second kappa shape index (κ2) is 5.19. The molecule has 1 aliphatic rings. The number of morpholine rings is 1. The van der Waals surface area contributed by atoms with Gasteiger partial charge in [-0.25, -0.2) is 0 Å². The van der Waals surface area contributed by atoms with Crippen LogP contribution >= 0.6 is 0 Å². The summed E-state index contributed by atoms with van der Waals surface area (Å²) in [7, 11) is 0. The molecule has 0 unspecified atom stereocenters. The van der Waals surface area contributed by atoms with Gasteiger partial charge >= 0.3 is 0 Å². The van der Waals surface area contributed by atoms with Gasteiger partial charge in [0.25, 0.3) is 0 Å². The van der Waals surface area contributed by atoms with Crippen molar-refractivity contribution in [2.75, 3.05) is 19.6 Å².